The van der Waals surface area contributed by atoms with E-state index >= 15 is 0 Å². The number of aromatic nitrogens is 2. The lowest BCUT2D eigenvalue weighted by atomic mass is 10.2. The fourth-order valence-electron chi connectivity index (χ4n) is 2.27. The maximum Gasteiger partial charge on any atom is 0.365 e. The predicted molar refractivity (Wildman–Crippen MR) is 81.3 cm³/mol. The van der Waals surface area contributed by atoms with E-state index in [9.17, 15) is 4.79 Å². The number of aromatic carboxylic acids is 1. The highest BCUT2D eigenvalue weighted by Crippen LogP contribution is 2.27. The topological polar surface area (TPSA) is 64.3 Å². The summed E-state index contributed by atoms with van der Waals surface area (Å²) in [6.07, 6.45) is 1.97. The Morgan fingerprint density at radius 1 is 1.43 bits per heavy atom. The fourth-order valence-corrected chi connectivity index (χ4v) is 2.91. The van der Waals surface area contributed by atoms with Gasteiger partial charge in [-0.15, -0.1) is 11.3 Å². The van der Waals surface area contributed by atoms with Crippen molar-refractivity contribution >= 4 is 28.2 Å². The van der Waals surface area contributed by atoms with Crippen molar-refractivity contribution in [3.63, 3.8) is 0 Å². The zero-order chi connectivity index (χ0) is 14.8. The highest BCUT2D eigenvalue weighted by molar-refractivity contribution is 7.11. The van der Waals surface area contributed by atoms with Crippen LogP contribution < -0.4 is 4.74 Å². The molecule has 0 spiro atoms. The maximum absolute atomic E-state index is 10.9. The van der Waals surface area contributed by atoms with Crippen LogP contribution in [0.5, 0.6) is 5.75 Å². The van der Waals surface area contributed by atoms with Gasteiger partial charge in [-0.05, 0) is 25.1 Å². The summed E-state index contributed by atoms with van der Waals surface area (Å²) in [6, 6.07) is 7.92. The first-order valence-electron chi connectivity index (χ1n) is 6.57. The van der Waals surface area contributed by atoms with Gasteiger partial charge in [-0.3, -0.25) is 0 Å². The summed E-state index contributed by atoms with van der Waals surface area (Å²) in [5.41, 5.74) is 1.79. The highest BCUT2D eigenvalue weighted by Gasteiger charge is 2.11. The molecule has 0 saturated heterocycles. The zero-order valence-electron chi connectivity index (χ0n) is 11.4. The Bertz CT molecular complexity index is 791. The summed E-state index contributed by atoms with van der Waals surface area (Å²) in [5.74, 6) is -0.125. The third kappa shape index (κ3) is 2.62. The molecule has 0 aliphatic heterocycles. The molecule has 0 aliphatic carbocycles. The Labute approximate surface area is 125 Å². The lowest BCUT2D eigenvalue weighted by molar-refractivity contribution is 0.0696. The molecule has 0 unspecified atom stereocenters. The molecule has 2 heterocycles. The quantitative estimate of drug-likeness (QED) is 0.786. The molecular formula is C15H14N2O3S. The lowest BCUT2D eigenvalue weighted by Crippen LogP contribution is -2.00. The SMILES string of the molecule is CCOc1cccc2c1ccn2Cc1csc(C(=O)O)n1. The second kappa shape index (κ2) is 5.57. The Kier molecular flexibility index (Phi) is 3.62. The van der Waals surface area contributed by atoms with Crippen molar-refractivity contribution in [2.45, 2.75) is 13.5 Å². The van der Waals surface area contributed by atoms with Gasteiger partial charge >= 0.3 is 5.97 Å². The monoisotopic (exact) mass is 302 g/mol. The number of nitrogens with zero attached hydrogens (tertiary/aromatic N) is 2. The van der Waals surface area contributed by atoms with Crippen molar-refractivity contribution in [1.29, 1.82) is 0 Å². The van der Waals surface area contributed by atoms with Gasteiger partial charge in [0.1, 0.15) is 5.75 Å². The predicted octanol–water partition coefficient (Wildman–Crippen LogP) is 3.24. The van der Waals surface area contributed by atoms with E-state index in [1.807, 2.05) is 42.0 Å². The molecule has 6 heteroatoms. The van der Waals surface area contributed by atoms with E-state index in [4.69, 9.17) is 9.84 Å². The molecule has 0 radical (unpaired) electrons. The number of hydrogen-bond donors (Lipinski definition) is 1. The second-order valence-electron chi connectivity index (χ2n) is 4.51. The van der Waals surface area contributed by atoms with Gasteiger partial charge in [0, 0.05) is 17.0 Å². The van der Waals surface area contributed by atoms with Gasteiger partial charge < -0.3 is 14.4 Å². The summed E-state index contributed by atoms with van der Waals surface area (Å²) in [4.78, 5) is 15.0. The van der Waals surface area contributed by atoms with Crippen LogP contribution in [-0.4, -0.2) is 27.2 Å². The van der Waals surface area contributed by atoms with E-state index in [0.717, 1.165) is 33.7 Å². The van der Waals surface area contributed by atoms with Crippen LogP contribution in [-0.2, 0) is 6.54 Å². The van der Waals surface area contributed by atoms with Gasteiger partial charge in [-0.25, -0.2) is 9.78 Å². The van der Waals surface area contributed by atoms with Crippen molar-refractivity contribution in [3.8, 4) is 5.75 Å². The number of carboxylic acid groups (broad SMARTS) is 1. The van der Waals surface area contributed by atoms with Crippen LogP contribution in [0, 0.1) is 0 Å². The molecule has 3 rings (SSSR count). The standard InChI is InChI=1S/C15H14N2O3S/c1-2-20-13-5-3-4-12-11(13)6-7-17(12)8-10-9-21-14(16-10)15(18)19/h3-7,9H,2,8H2,1H3,(H,18,19). The summed E-state index contributed by atoms with van der Waals surface area (Å²) < 4.78 is 7.65. The number of ether oxygens (including phenoxy) is 1. The van der Waals surface area contributed by atoms with E-state index < -0.39 is 5.97 Å². The molecule has 0 aliphatic rings. The van der Waals surface area contributed by atoms with Crippen molar-refractivity contribution < 1.29 is 14.6 Å². The molecule has 1 aromatic carbocycles. The van der Waals surface area contributed by atoms with Crippen LogP contribution in [0.25, 0.3) is 10.9 Å². The summed E-state index contributed by atoms with van der Waals surface area (Å²) >= 11 is 1.15. The normalized spacial score (nSPS) is 10.9. The van der Waals surface area contributed by atoms with E-state index in [2.05, 4.69) is 4.98 Å². The molecular weight excluding hydrogens is 288 g/mol. The number of rotatable bonds is 5. The maximum atomic E-state index is 10.9. The first-order valence-corrected chi connectivity index (χ1v) is 7.45. The molecule has 5 nitrogen and oxygen atoms in total. The zero-order valence-corrected chi connectivity index (χ0v) is 12.3. The third-order valence-corrected chi connectivity index (χ3v) is 4.02. The van der Waals surface area contributed by atoms with E-state index in [1.165, 1.54) is 0 Å². The Morgan fingerprint density at radius 3 is 3.00 bits per heavy atom. The number of benzene rings is 1. The summed E-state index contributed by atoms with van der Waals surface area (Å²) in [5, 5.41) is 11.9. The summed E-state index contributed by atoms with van der Waals surface area (Å²) in [7, 11) is 0. The van der Waals surface area contributed by atoms with Crippen molar-refractivity contribution in [1.82, 2.24) is 9.55 Å². The van der Waals surface area contributed by atoms with Gasteiger partial charge in [-0.2, -0.15) is 0 Å². The van der Waals surface area contributed by atoms with Crippen LogP contribution in [0.3, 0.4) is 0 Å². The number of hydrogen-bond acceptors (Lipinski definition) is 4. The minimum atomic E-state index is -0.984. The molecule has 0 fully saturated rings. The fraction of sp³-hybridized carbons (Fsp3) is 0.200. The molecule has 0 atom stereocenters. The average molecular weight is 302 g/mol. The minimum Gasteiger partial charge on any atom is -0.493 e. The van der Waals surface area contributed by atoms with Crippen molar-refractivity contribution in [2.24, 2.45) is 0 Å². The molecule has 21 heavy (non-hydrogen) atoms. The van der Waals surface area contributed by atoms with Crippen LogP contribution in [0.1, 0.15) is 22.4 Å². The molecule has 3 aromatic rings. The Balaban J connectivity index is 1.93. The van der Waals surface area contributed by atoms with Crippen LogP contribution in [0.2, 0.25) is 0 Å². The number of carboxylic acids is 1. The van der Waals surface area contributed by atoms with E-state index in [0.29, 0.717) is 13.2 Å². The van der Waals surface area contributed by atoms with Crippen LogP contribution >= 0.6 is 11.3 Å². The van der Waals surface area contributed by atoms with E-state index in [-0.39, 0.29) is 5.01 Å². The van der Waals surface area contributed by atoms with Gasteiger partial charge in [0.05, 0.1) is 24.4 Å². The largest absolute Gasteiger partial charge is 0.493 e. The third-order valence-electron chi connectivity index (χ3n) is 3.14. The molecule has 0 bridgehead atoms. The average Bonchev–Trinajstić information content (AvgIpc) is 3.08. The molecule has 0 saturated carbocycles. The lowest BCUT2D eigenvalue weighted by Gasteiger charge is -2.06. The number of thiazole rings is 1. The molecule has 0 amide bonds. The van der Waals surface area contributed by atoms with Gasteiger partial charge in [0.2, 0.25) is 5.01 Å². The summed E-state index contributed by atoms with van der Waals surface area (Å²) in [6.45, 7) is 3.12. The molecule has 2 aromatic heterocycles. The number of carbonyl (C=O) groups is 1. The second-order valence-corrected chi connectivity index (χ2v) is 5.37. The van der Waals surface area contributed by atoms with Gasteiger partial charge in [-0.1, -0.05) is 6.07 Å². The Hall–Kier alpha value is -2.34. The first kappa shape index (κ1) is 13.6. The highest BCUT2D eigenvalue weighted by atomic mass is 32.1. The number of fused-ring (bicyclic) bond motifs is 1. The Morgan fingerprint density at radius 2 is 2.29 bits per heavy atom. The molecule has 1 N–H and O–H groups in total. The smallest absolute Gasteiger partial charge is 0.365 e. The van der Waals surface area contributed by atoms with E-state index in [1.54, 1.807) is 5.38 Å². The van der Waals surface area contributed by atoms with Gasteiger partial charge in [0.15, 0.2) is 0 Å². The van der Waals surface area contributed by atoms with Crippen molar-refractivity contribution in [2.75, 3.05) is 6.61 Å². The minimum absolute atomic E-state index is 0.122. The first-order chi connectivity index (χ1) is 10.2. The van der Waals surface area contributed by atoms with Crippen LogP contribution in [0.15, 0.2) is 35.8 Å². The van der Waals surface area contributed by atoms with Crippen LogP contribution in [0.4, 0.5) is 0 Å². The van der Waals surface area contributed by atoms with Crippen molar-refractivity contribution in [3.05, 3.63) is 46.5 Å². The van der Waals surface area contributed by atoms with Gasteiger partial charge in [0.25, 0.3) is 0 Å². The molecule has 108 valence electrons.